The molecule has 1 saturated heterocycles. The number of piperidine rings is 1. The molecule has 17 heavy (non-hydrogen) atoms. The van der Waals surface area contributed by atoms with Gasteiger partial charge in [0.15, 0.2) is 0 Å². The lowest BCUT2D eigenvalue weighted by molar-refractivity contribution is -0.900. The fraction of sp³-hybridized carbons (Fsp3) is 0.500. The summed E-state index contributed by atoms with van der Waals surface area (Å²) in [4.78, 5) is 1.78. The molecule has 0 radical (unpaired) electrons. The van der Waals surface area contributed by atoms with Crippen LogP contribution in [0.2, 0.25) is 0 Å². The zero-order valence-electron chi connectivity index (χ0n) is 10.9. The molecule has 0 amide bonds. The number of rotatable bonds is 4. The third-order valence-electron chi connectivity index (χ3n) is 3.66. The summed E-state index contributed by atoms with van der Waals surface area (Å²) < 4.78 is 0. The van der Waals surface area contributed by atoms with Crippen LogP contribution in [0.5, 0.6) is 0 Å². The summed E-state index contributed by atoms with van der Waals surface area (Å²) >= 11 is 0. The van der Waals surface area contributed by atoms with Gasteiger partial charge >= 0.3 is 0 Å². The van der Waals surface area contributed by atoms with Crippen LogP contribution in [0.3, 0.4) is 0 Å². The Morgan fingerprint density at radius 1 is 1.12 bits per heavy atom. The van der Waals surface area contributed by atoms with Gasteiger partial charge in [0.1, 0.15) is 0 Å². The van der Waals surface area contributed by atoms with E-state index in [1.54, 1.807) is 10.5 Å². The van der Waals surface area contributed by atoms with Gasteiger partial charge in [0.2, 0.25) is 0 Å². The van der Waals surface area contributed by atoms with E-state index in [2.05, 4.69) is 43.3 Å². The summed E-state index contributed by atoms with van der Waals surface area (Å²) in [6, 6.07) is 10.7. The molecule has 1 fully saturated rings. The molecule has 1 N–H and O–H groups in total. The van der Waals surface area contributed by atoms with Crippen LogP contribution in [0.1, 0.15) is 38.2 Å². The maximum Gasteiger partial charge on any atom is 0.0990 e. The van der Waals surface area contributed by atoms with Gasteiger partial charge in [0.05, 0.1) is 19.6 Å². The Hall–Kier alpha value is -1.08. The van der Waals surface area contributed by atoms with Gasteiger partial charge in [-0.3, -0.25) is 0 Å². The number of hydrogen-bond acceptors (Lipinski definition) is 0. The first-order valence-electron chi connectivity index (χ1n) is 6.96. The van der Waals surface area contributed by atoms with E-state index in [0.717, 1.165) is 0 Å². The molecule has 0 saturated carbocycles. The summed E-state index contributed by atoms with van der Waals surface area (Å²) in [5.74, 6) is 0. The van der Waals surface area contributed by atoms with Crippen LogP contribution in [0.25, 0.3) is 6.08 Å². The molecule has 2 rings (SSSR count). The minimum Gasteiger partial charge on any atom is -0.331 e. The maximum atomic E-state index is 2.38. The fourth-order valence-electron chi connectivity index (χ4n) is 2.61. The first kappa shape index (κ1) is 12.4. The predicted molar refractivity (Wildman–Crippen MR) is 74.1 cm³/mol. The molecule has 1 aliphatic rings. The molecule has 1 heterocycles. The Labute approximate surface area is 105 Å². The molecule has 0 unspecified atom stereocenters. The van der Waals surface area contributed by atoms with Crippen molar-refractivity contribution in [2.45, 2.75) is 32.6 Å². The van der Waals surface area contributed by atoms with Gasteiger partial charge in [0, 0.05) is 0 Å². The summed E-state index contributed by atoms with van der Waals surface area (Å²) in [6.07, 6.45) is 7.82. The van der Waals surface area contributed by atoms with E-state index in [4.69, 9.17) is 0 Å². The Morgan fingerprint density at radius 2 is 1.82 bits per heavy atom. The molecular weight excluding hydrogens is 206 g/mol. The third kappa shape index (κ3) is 4.01. The first-order valence-corrected chi connectivity index (χ1v) is 6.96. The van der Waals surface area contributed by atoms with Crippen molar-refractivity contribution in [2.75, 3.05) is 19.6 Å². The molecular formula is C16H24N+. The Balaban J connectivity index is 1.98. The second-order valence-corrected chi connectivity index (χ2v) is 5.05. The van der Waals surface area contributed by atoms with Crippen LogP contribution >= 0.6 is 0 Å². The van der Waals surface area contributed by atoms with Crippen molar-refractivity contribution in [3.63, 3.8) is 0 Å². The van der Waals surface area contributed by atoms with E-state index in [1.165, 1.54) is 50.9 Å². The van der Waals surface area contributed by atoms with Crippen molar-refractivity contribution in [1.29, 1.82) is 0 Å². The fourth-order valence-corrected chi connectivity index (χ4v) is 2.61. The molecule has 1 aliphatic heterocycles. The molecule has 0 aliphatic carbocycles. The number of nitrogens with one attached hydrogen (secondary N) is 1. The second-order valence-electron chi connectivity index (χ2n) is 5.05. The van der Waals surface area contributed by atoms with Gasteiger partial charge in [-0.1, -0.05) is 43.3 Å². The Kier molecular flexibility index (Phi) is 4.81. The zero-order chi connectivity index (χ0) is 11.9. The van der Waals surface area contributed by atoms with Crippen molar-refractivity contribution in [3.05, 3.63) is 41.5 Å². The molecule has 1 heteroatoms. The van der Waals surface area contributed by atoms with Gasteiger partial charge in [-0.25, -0.2) is 0 Å². The topological polar surface area (TPSA) is 4.44 Å². The highest BCUT2D eigenvalue weighted by Crippen LogP contribution is 2.08. The van der Waals surface area contributed by atoms with Crippen LogP contribution < -0.4 is 4.90 Å². The SMILES string of the molecule is CC/C(=C/c1ccccc1)C[NH+]1CCCCC1. The molecule has 0 spiro atoms. The van der Waals surface area contributed by atoms with Crippen LogP contribution in [0.4, 0.5) is 0 Å². The highest BCUT2D eigenvalue weighted by molar-refractivity contribution is 5.52. The molecule has 1 aromatic carbocycles. The minimum absolute atomic E-state index is 1.18. The maximum absolute atomic E-state index is 2.38. The number of quaternary nitrogens is 1. The average Bonchev–Trinajstić information content (AvgIpc) is 2.40. The second kappa shape index (κ2) is 6.61. The van der Waals surface area contributed by atoms with Crippen molar-refractivity contribution >= 4 is 6.08 Å². The Morgan fingerprint density at radius 3 is 2.47 bits per heavy atom. The van der Waals surface area contributed by atoms with E-state index in [-0.39, 0.29) is 0 Å². The summed E-state index contributed by atoms with van der Waals surface area (Å²) in [5.41, 5.74) is 2.94. The summed E-state index contributed by atoms with van der Waals surface area (Å²) in [6.45, 7) is 6.25. The normalized spacial score (nSPS) is 18.3. The summed E-state index contributed by atoms with van der Waals surface area (Å²) in [7, 11) is 0. The number of hydrogen-bond donors (Lipinski definition) is 1. The van der Waals surface area contributed by atoms with Crippen molar-refractivity contribution in [2.24, 2.45) is 0 Å². The smallest absolute Gasteiger partial charge is 0.0990 e. The third-order valence-corrected chi connectivity index (χ3v) is 3.66. The molecule has 1 aromatic rings. The lowest BCUT2D eigenvalue weighted by Crippen LogP contribution is -3.12. The van der Waals surface area contributed by atoms with Gasteiger partial charge in [0.25, 0.3) is 0 Å². The van der Waals surface area contributed by atoms with E-state index in [9.17, 15) is 0 Å². The average molecular weight is 230 g/mol. The highest BCUT2D eigenvalue weighted by atomic mass is 15.1. The van der Waals surface area contributed by atoms with Gasteiger partial charge < -0.3 is 4.90 Å². The van der Waals surface area contributed by atoms with E-state index in [0.29, 0.717) is 0 Å². The first-order chi connectivity index (χ1) is 8.38. The lowest BCUT2D eigenvalue weighted by atomic mass is 10.1. The molecule has 0 aromatic heterocycles. The summed E-state index contributed by atoms with van der Waals surface area (Å²) in [5, 5.41) is 0. The number of likely N-dealkylation sites (tertiary alicyclic amines) is 1. The van der Waals surface area contributed by atoms with Crippen LogP contribution in [0.15, 0.2) is 35.9 Å². The zero-order valence-corrected chi connectivity index (χ0v) is 10.9. The molecule has 0 atom stereocenters. The van der Waals surface area contributed by atoms with Gasteiger partial charge in [-0.15, -0.1) is 0 Å². The van der Waals surface area contributed by atoms with Crippen LogP contribution in [0, 0.1) is 0 Å². The molecule has 92 valence electrons. The van der Waals surface area contributed by atoms with Crippen molar-refractivity contribution in [1.82, 2.24) is 0 Å². The molecule has 1 nitrogen and oxygen atoms in total. The number of benzene rings is 1. The van der Waals surface area contributed by atoms with E-state index in [1.807, 2.05) is 0 Å². The quantitative estimate of drug-likeness (QED) is 0.811. The standard InChI is InChI=1S/C16H23N/c1-2-15(13-16-9-5-3-6-10-16)14-17-11-7-4-8-12-17/h3,5-6,9-10,13H,2,4,7-8,11-12,14H2,1H3/p+1/b15-13-. The van der Waals surface area contributed by atoms with Crippen molar-refractivity contribution < 1.29 is 4.90 Å². The lowest BCUT2D eigenvalue weighted by Gasteiger charge is -2.24. The van der Waals surface area contributed by atoms with Gasteiger partial charge in [-0.05, 0) is 36.8 Å². The van der Waals surface area contributed by atoms with Crippen molar-refractivity contribution in [3.8, 4) is 0 Å². The van der Waals surface area contributed by atoms with Crippen LogP contribution in [-0.2, 0) is 0 Å². The highest BCUT2D eigenvalue weighted by Gasteiger charge is 2.14. The van der Waals surface area contributed by atoms with Gasteiger partial charge in [-0.2, -0.15) is 0 Å². The largest absolute Gasteiger partial charge is 0.331 e. The monoisotopic (exact) mass is 230 g/mol. The molecule has 0 bridgehead atoms. The predicted octanol–water partition coefficient (Wildman–Crippen LogP) is 2.55. The minimum atomic E-state index is 1.18. The van der Waals surface area contributed by atoms with E-state index >= 15 is 0 Å². The van der Waals surface area contributed by atoms with E-state index < -0.39 is 0 Å². The Bertz CT molecular complexity index is 347. The van der Waals surface area contributed by atoms with Crippen LogP contribution in [-0.4, -0.2) is 19.6 Å².